The molecule has 0 spiro atoms. The van der Waals surface area contributed by atoms with Crippen molar-refractivity contribution in [1.29, 1.82) is 0 Å². The van der Waals surface area contributed by atoms with Crippen LogP contribution in [0.2, 0.25) is 0 Å². The quantitative estimate of drug-likeness (QED) is 0.293. The monoisotopic (exact) mass is 252 g/mol. The third-order valence-electron chi connectivity index (χ3n) is 2.20. The summed E-state index contributed by atoms with van der Waals surface area (Å²) < 4.78 is 0. The van der Waals surface area contributed by atoms with Crippen LogP contribution in [0.15, 0.2) is 24.3 Å². The summed E-state index contributed by atoms with van der Waals surface area (Å²) in [6.07, 6.45) is 0. The van der Waals surface area contributed by atoms with Crippen LogP contribution in [0, 0.1) is 10.1 Å². The Hall–Kier alpha value is -2.48. The van der Waals surface area contributed by atoms with Crippen LogP contribution in [-0.2, 0) is 4.79 Å². The molecule has 0 fully saturated rings. The summed E-state index contributed by atoms with van der Waals surface area (Å²) in [4.78, 5) is 32.7. The standard InChI is InChI=1S/C10H12N4O4/c1-6(9(15)13-11)12-10(16)7-3-2-4-8(5-7)14(17)18/h2-6H,11H2,1H3,(H,12,16)(H,13,15). The van der Waals surface area contributed by atoms with Crippen molar-refractivity contribution in [1.82, 2.24) is 10.7 Å². The molecule has 1 aromatic carbocycles. The van der Waals surface area contributed by atoms with Gasteiger partial charge in [-0.2, -0.15) is 0 Å². The van der Waals surface area contributed by atoms with Crippen LogP contribution in [0.1, 0.15) is 17.3 Å². The van der Waals surface area contributed by atoms with Crippen LogP contribution in [0.4, 0.5) is 5.69 Å². The molecule has 2 amide bonds. The number of hydrazine groups is 1. The van der Waals surface area contributed by atoms with Crippen molar-refractivity contribution in [2.75, 3.05) is 0 Å². The van der Waals surface area contributed by atoms with Gasteiger partial charge in [0.2, 0.25) is 0 Å². The van der Waals surface area contributed by atoms with Crippen molar-refractivity contribution in [3.63, 3.8) is 0 Å². The Labute approximate surface area is 102 Å². The Morgan fingerprint density at radius 2 is 2.11 bits per heavy atom. The van der Waals surface area contributed by atoms with Gasteiger partial charge >= 0.3 is 0 Å². The Balaban J connectivity index is 2.81. The van der Waals surface area contributed by atoms with E-state index in [-0.39, 0.29) is 11.3 Å². The summed E-state index contributed by atoms with van der Waals surface area (Å²) in [6.45, 7) is 1.44. The van der Waals surface area contributed by atoms with Gasteiger partial charge in [-0.15, -0.1) is 0 Å². The van der Waals surface area contributed by atoms with E-state index in [0.717, 1.165) is 6.07 Å². The first-order valence-corrected chi connectivity index (χ1v) is 5.01. The van der Waals surface area contributed by atoms with Gasteiger partial charge in [0.25, 0.3) is 17.5 Å². The van der Waals surface area contributed by atoms with E-state index in [0.29, 0.717) is 0 Å². The number of hydrogen-bond donors (Lipinski definition) is 3. The Morgan fingerprint density at radius 3 is 2.67 bits per heavy atom. The number of rotatable bonds is 4. The zero-order valence-corrected chi connectivity index (χ0v) is 9.54. The number of nitrogens with zero attached hydrogens (tertiary/aromatic N) is 1. The third kappa shape index (κ3) is 3.25. The number of nitro groups is 1. The van der Waals surface area contributed by atoms with Crippen LogP contribution < -0.4 is 16.6 Å². The predicted molar refractivity (Wildman–Crippen MR) is 62.4 cm³/mol. The first kappa shape index (κ1) is 13.6. The van der Waals surface area contributed by atoms with E-state index in [1.165, 1.54) is 25.1 Å². The second-order valence-corrected chi connectivity index (χ2v) is 3.51. The molecule has 0 radical (unpaired) electrons. The average molecular weight is 252 g/mol. The average Bonchev–Trinajstić information content (AvgIpc) is 2.37. The molecular formula is C10H12N4O4. The topological polar surface area (TPSA) is 127 Å². The van der Waals surface area contributed by atoms with E-state index in [1.54, 1.807) is 0 Å². The molecule has 0 aliphatic rings. The summed E-state index contributed by atoms with van der Waals surface area (Å²) >= 11 is 0. The summed E-state index contributed by atoms with van der Waals surface area (Å²) in [5, 5.41) is 12.9. The van der Waals surface area contributed by atoms with Crippen LogP contribution >= 0.6 is 0 Å². The molecule has 0 heterocycles. The second-order valence-electron chi connectivity index (χ2n) is 3.51. The molecule has 4 N–H and O–H groups in total. The fourth-order valence-electron chi connectivity index (χ4n) is 1.23. The fraction of sp³-hybridized carbons (Fsp3) is 0.200. The number of carbonyl (C=O) groups is 2. The van der Waals surface area contributed by atoms with Crippen LogP contribution in [-0.4, -0.2) is 22.8 Å². The number of nitrogens with two attached hydrogens (primary N) is 1. The van der Waals surface area contributed by atoms with E-state index in [2.05, 4.69) is 5.32 Å². The first-order chi connectivity index (χ1) is 8.45. The fourth-order valence-corrected chi connectivity index (χ4v) is 1.23. The highest BCUT2D eigenvalue weighted by molar-refractivity contribution is 5.97. The van der Waals surface area contributed by atoms with Gasteiger partial charge < -0.3 is 5.32 Å². The SMILES string of the molecule is CC(NC(=O)c1cccc([N+](=O)[O-])c1)C(=O)NN. The van der Waals surface area contributed by atoms with Gasteiger partial charge in [-0.1, -0.05) is 6.07 Å². The number of amides is 2. The largest absolute Gasteiger partial charge is 0.340 e. The third-order valence-corrected chi connectivity index (χ3v) is 2.20. The molecule has 1 aromatic rings. The summed E-state index contributed by atoms with van der Waals surface area (Å²) in [6, 6.07) is 4.37. The highest BCUT2D eigenvalue weighted by Gasteiger charge is 2.17. The van der Waals surface area contributed by atoms with Crippen LogP contribution in [0.3, 0.4) is 0 Å². The number of benzene rings is 1. The van der Waals surface area contributed by atoms with Crippen molar-refractivity contribution < 1.29 is 14.5 Å². The predicted octanol–water partition coefficient (Wildman–Crippen LogP) is -0.297. The number of hydrogen-bond acceptors (Lipinski definition) is 5. The highest BCUT2D eigenvalue weighted by atomic mass is 16.6. The minimum atomic E-state index is -0.832. The summed E-state index contributed by atoms with van der Waals surface area (Å²) in [7, 11) is 0. The molecule has 96 valence electrons. The maximum atomic E-state index is 11.7. The lowest BCUT2D eigenvalue weighted by Crippen LogP contribution is -2.47. The van der Waals surface area contributed by atoms with E-state index in [9.17, 15) is 19.7 Å². The summed E-state index contributed by atoms with van der Waals surface area (Å²) in [5.74, 6) is 3.76. The van der Waals surface area contributed by atoms with Crippen molar-refractivity contribution in [3.8, 4) is 0 Å². The molecule has 8 heteroatoms. The molecular weight excluding hydrogens is 240 g/mol. The normalized spacial score (nSPS) is 11.4. The molecule has 0 bridgehead atoms. The lowest BCUT2D eigenvalue weighted by atomic mass is 10.2. The van der Waals surface area contributed by atoms with Gasteiger partial charge in [-0.25, -0.2) is 5.84 Å². The maximum Gasteiger partial charge on any atom is 0.270 e. The Bertz CT molecular complexity index is 489. The Morgan fingerprint density at radius 1 is 1.44 bits per heavy atom. The zero-order chi connectivity index (χ0) is 13.7. The summed E-state index contributed by atoms with van der Waals surface area (Å²) in [5.41, 5.74) is 1.79. The molecule has 0 aliphatic carbocycles. The number of nitro benzene ring substituents is 1. The number of non-ortho nitro benzene ring substituents is 1. The smallest absolute Gasteiger partial charge is 0.270 e. The van der Waals surface area contributed by atoms with Crippen LogP contribution in [0.25, 0.3) is 0 Å². The molecule has 1 rings (SSSR count). The second kappa shape index (κ2) is 5.73. The molecule has 0 saturated carbocycles. The van der Waals surface area contributed by atoms with Crippen molar-refractivity contribution in [3.05, 3.63) is 39.9 Å². The lowest BCUT2D eigenvalue weighted by Gasteiger charge is -2.11. The molecule has 0 aromatic heterocycles. The van der Waals surface area contributed by atoms with E-state index in [4.69, 9.17) is 5.84 Å². The van der Waals surface area contributed by atoms with Crippen molar-refractivity contribution in [2.24, 2.45) is 5.84 Å². The maximum absolute atomic E-state index is 11.7. The molecule has 1 atom stereocenters. The molecule has 18 heavy (non-hydrogen) atoms. The van der Waals surface area contributed by atoms with Crippen molar-refractivity contribution in [2.45, 2.75) is 13.0 Å². The Kier molecular flexibility index (Phi) is 4.33. The number of carbonyl (C=O) groups excluding carboxylic acids is 2. The molecule has 0 aliphatic heterocycles. The van der Waals surface area contributed by atoms with Gasteiger partial charge in [0.15, 0.2) is 0 Å². The van der Waals surface area contributed by atoms with E-state index < -0.39 is 22.8 Å². The van der Waals surface area contributed by atoms with Gasteiger partial charge in [-0.3, -0.25) is 25.1 Å². The van der Waals surface area contributed by atoms with Gasteiger partial charge in [0.1, 0.15) is 6.04 Å². The molecule has 8 nitrogen and oxygen atoms in total. The van der Waals surface area contributed by atoms with Gasteiger partial charge in [-0.05, 0) is 13.0 Å². The van der Waals surface area contributed by atoms with Crippen molar-refractivity contribution >= 4 is 17.5 Å². The molecule has 0 saturated heterocycles. The number of nitrogens with one attached hydrogen (secondary N) is 2. The highest BCUT2D eigenvalue weighted by Crippen LogP contribution is 2.12. The van der Waals surface area contributed by atoms with Gasteiger partial charge in [0.05, 0.1) is 4.92 Å². The zero-order valence-electron chi connectivity index (χ0n) is 9.54. The first-order valence-electron chi connectivity index (χ1n) is 5.01. The molecule has 1 unspecified atom stereocenters. The van der Waals surface area contributed by atoms with Crippen LogP contribution in [0.5, 0.6) is 0 Å². The minimum Gasteiger partial charge on any atom is -0.340 e. The van der Waals surface area contributed by atoms with E-state index >= 15 is 0 Å². The minimum absolute atomic E-state index is 0.0980. The lowest BCUT2D eigenvalue weighted by molar-refractivity contribution is -0.384. The van der Waals surface area contributed by atoms with E-state index in [1.807, 2.05) is 5.43 Å². The van der Waals surface area contributed by atoms with Gasteiger partial charge in [0, 0.05) is 17.7 Å².